The van der Waals surface area contributed by atoms with Gasteiger partial charge in [0.05, 0.1) is 33.6 Å². The number of rotatable bonds is 7. The summed E-state index contributed by atoms with van der Waals surface area (Å²) in [5.74, 6) is 2.81. The van der Waals surface area contributed by atoms with Gasteiger partial charge in [0.25, 0.3) is 0 Å². The molecule has 0 amide bonds. The van der Waals surface area contributed by atoms with Gasteiger partial charge in [-0.2, -0.15) is 0 Å². The Morgan fingerprint density at radius 2 is 1.42 bits per heavy atom. The highest BCUT2D eigenvalue weighted by atomic mass is 32.1. The van der Waals surface area contributed by atoms with Crippen LogP contribution in [0, 0.1) is 0 Å². The lowest BCUT2D eigenvalue weighted by molar-refractivity contribution is 0.311. The molecule has 0 aliphatic rings. The van der Waals surface area contributed by atoms with Gasteiger partial charge in [0, 0.05) is 16.5 Å². The number of hydrogen-bond acceptors (Lipinski definition) is 6. The Morgan fingerprint density at radius 1 is 0.808 bits per heavy atom. The summed E-state index contributed by atoms with van der Waals surface area (Å²) in [6, 6.07) is 11.6. The molecule has 0 atom stereocenters. The molecule has 26 heavy (non-hydrogen) atoms. The fraction of sp³-hybridized carbons (Fsp3) is 0.250. The van der Waals surface area contributed by atoms with Crippen LogP contribution in [-0.2, 0) is 0 Å². The number of nitrogens with zero attached hydrogens (tertiary/aromatic N) is 1. The summed E-state index contributed by atoms with van der Waals surface area (Å²) in [6.45, 7) is 2.54. The first-order valence-corrected chi connectivity index (χ1v) is 9.07. The fourth-order valence-corrected chi connectivity index (χ4v) is 3.44. The van der Waals surface area contributed by atoms with Gasteiger partial charge in [-0.05, 0) is 43.3 Å². The van der Waals surface area contributed by atoms with E-state index in [4.69, 9.17) is 23.9 Å². The zero-order chi connectivity index (χ0) is 18.5. The molecule has 136 valence electrons. The monoisotopic (exact) mass is 371 g/mol. The minimum Gasteiger partial charge on any atom is -0.493 e. The molecule has 0 N–H and O–H groups in total. The van der Waals surface area contributed by atoms with Crippen LogP contribution in [0.4, 0.5) is 0 Å². The molecule has 0 bridgehead atoms. The van der Waals surface area contributed by atoms with Crippen molar-refractivity contribution in [3.63, 3.8) is 0 Å². The zero-order valence-electron chi connectivity index (χ0n) is 15.2. The second-order valence-corrected chi connectivity index (χ2v) is 6.26. The standard InChI is InChI=1S/C20H21NO4S/c1-5-25-17-9-7-14(11-19(17)24-4)20-21-15(12-26-20)13-6-8-16(22-2)18(10-13)23-3/h6-12H,5H2,1-4H3. The van der Waals surface area contributed by atoms with Crippen molar-refractivity contribution < 1.29 is 18.9 Å². The molecule has 6 heteroatoms. The highest BCUT2D eigenvalue weighted by Crippen LogP contribution is 2.37. The molecule has 1 aromatic heterocycles. The Bertz CT molecular complexity index is 891. The molecule has 1 heterocycles. The molecular weight excluding hydrogens is 350 g/mol. The van der Waals surface area contributed by atoms with E-state index in [0.717, 1.165) is 27.6 Å². The number of benzene rings is 2. The van der Waals surface area contributed by atoms with Crippen LogP contribution >= 0.6 is 11.3 Å². The lowest BCUT2D eigenvalue weighted by Gasteiger charge is -2.10. The third-order valence-corrected chi connectivity index (χ3v) is 4.79. The Hall–Kier alpha value is -2.73. The second kappa shape index (κ2) is 8.10. The molecule has 0 radical (unpaired) electrons. The topological polar surface area (TPSA) is 49.8 Å². The molecule has 3 aromatic rings. The first-order valence-electron chi connectivity index (χ1n) is 8.19. The van der Waals surface area contributed by atoms with E-state index in [2.05, 4.69) is 0 Å². The second-order valence-electron chi connectivity index (χ2n) is 5.41. The van der Waals surface area contributed by atoms with Crippen LogP contribution < -0.4 is 18.9 Å². The first-order chi connectivity index (χ1) is 12.7. The third-order valence-electron chi connectivity index (χ3n) is 3.89. The number of ether oxygens (including phenoxy) is 4. The van der Waals surface area contributed by atoms with Crippen molar-refractivity contribution in [3.05, 3.63) is 41.8 Å². The highest BCUT2D eigenvalue weighted by molar-refractivity contribution is 7.13. The smallest absolute Gasteiger partial charge is 0.161 e. The van der Waals surface area contributed by atoms with Crippen LogP contribution in [0.1, 0.15) is 6.92 Å². The maximum atomic E-state index is 5.57. The maximum Gasteiger partial charge on any atom is 0.161 e. The van der Waals surface area contributed by atoms with E-state index >= 15 is 0 Å². The molecule has 0 fully saturated rings. The van der Waals surface area contributed by atoms with Crippen molar-refractivity contribution in [1.82, 2.24) is 4.98 Å². The summed E-state index contributed by atoms with van der Waals surface area (Å²) < 4.78 is 21.7. The van der Waals surface area contributed by atoms with Gasteiger partial charge in [-0.25, -0.2) is 4.98 Å². The van der Waals surface area contributed by atoms with Crippen molar-refractivity contribution in [3.8, 4) is 44.8 Å². The molecule has 0 saturated carbocycles. The van der Waals surface area contributed by atoms with Crippen LogP contribution in [-0.4, -0.2) is 32.9 Å². The van der Waals surface area contributed by atoms with Gasteiger partial charge in [0.15, 0.2) is 23.0 Å². The summed E-state index contributed by atoms with van der Waals surface area (Å²) in [7, 11) is 4.89. The fourth-order valence-electron chi connectivity index (χ4n) is 2.61. The molecule has 0 aliphatic carbocycles. The van der Waals surface area contributed by atoms with Gasteiger partial charge in [-0.1, -0.05) is 0 Å². The van der Waals surface area contributed by atoms with Gasteiger partial charge < -0.3 is 18.9 Å². The Kier molecular flexibility index (Phi) is 5.63. The lowest BCUT2D eigenvalue weighted by atomic mass is 10.1. The molecule has 3 rings (SSSR count). The minimum absolute atomic E-state index is 0.594. The van der Waals surface area contributed by atoms with Crippen molar-refractivity contribution in [1.29, 1.82) is 0 Å². The van der Waals surface area contributed by atoms with Gasteiger partial charge in [0.1, 0.15) is 5.01 Å². The number of thiazole rings is 1. The van der Waals surface area contributed by atoms with E-state index < -0.39 is 0 Å². The molecule has 0 spiro atoms. The normalized spacial score (nSPS) is 10.5. The molecule has 2 aromatic carbocycles. The third kappa shape index (κ3) is 3.60. The Morgan fingerprint density at radius 3 is 2.12 bits per heavy atom. The summed E-state index contributed by atoms with van der Waals surface area (Å²) in [4.78, 5) is 4.76. The van der Waals surface area contributed by atoms with Crippen molar-refractivity contribution in [2.24, 2.45) is 0 Å². The highest BCUT2D eigenvalue weighted by Gasteiger charge is 2.12. The van der Waals surface area contributed by atoms with Crippen molar-refractivity contribution in [2.45, 2.75) is 6.92 Å². The average Bonchev–Trinajstić information content (AvgIpc) is 3.18. The lowest BCUT2D eigenvalue weighted by Crippen LogP contribution is -1.95. The maximum absolute atomic E-state index is 5.57. The number of aromatic nitrogens is 1. The van der Waals surface area contributed by atoms with E-state index in [1.165, 1.54) is 0 Å². The summed E-state index contributed by atoms with van der Waals surface area (Å²) >= 11 is 1.58. The van der Waals surface area contributed by atoms with Crippen molar-refractivity contribution >= 4 is 11.3 Å². The average molecular weight is 371 g/mol. The predicted octanol–water partition coefficient (Wildman–Crippen LogP) is 4.90. The van der Waals surface area contributed by atoms with Gasteiger partial charge >= 0.3 is 0 Å². The Balaban J connectivity index is 1.93. The van der Waals surface area contributed by atoms with Crippen LogP contribution in [0.15, 0.2) is 41.8 Å². The predicted molar refractivity (Wildman–Crippen MR) is 104 cm³/mol. The van der Waals surface area contributed by atoms with E-state index in [-0.39, 0.29) is 0 Å². The first kappa shape index (κ1) is 18.1. The van der Waals surface area contributed by atoms with Gasteiger partial charge in [-0.3, -0.25) is 0 Å². The number of methoxy groups -OCH3 is 3. The Labute approximate surface area is 157 Å². The van der Waals surface area contributed by atoms with Gasteiger partial charge in [-0.15, -0.1) is 11.3 Å². The number of hydrogen-bond donors (Lipinski definition) is 0. The van der Waals surface area contributed by atoms with Crippen molar-refractivity contribution in [2.75, 3.05) is 27.9 Å². The van der Waals surface area contributed by atoms with E-state index in [9.17, 15) is 0 Å². The SMILES string of the molecule is CCOc1ccc(-c2nc(-c3ccc(OC)c(OC)c3)cs2)cc1OC. The molecule has 0 unspecified atom stereocenters. The minimum atomic E-state index is 0.594. The van der Waals surface area contributed by atoms with Crippen LogP contribution in [0.2, 0.25) is 0 Å². The zero-order valence-corrected chi connectivity index (χ0v) is 16.1. The molecular formula is C20H21NO4S. The summed E-state index contributed by atoms with van der Waals surface area (Å²) in [6.07, 6.45) is 0. The van der Waals surface area contributed by atoms with Crippen LogP contribution in [0.5, 0.6) is 23.0 Å². The van der Waals surface area contributed by atoms with E-state index in [1.807, 2.05) is 48.7 Å². The molecule has 0 aliphatic heterocycles. The van der Waals surface area contributed by atoms with E-state index in [0.29, 0.717) is 23.9 Å². The largest absolute Gasteiger partial charge is 0.493 e. The molecule has 0 saturated heterocycles. The van der Waals surface area contributed by atoms with E-state index in [1.54, 1.807) is 32.7 Å². The summed E-state index contributed by atoms with van der Waals surface area (Å²) in [5.41, 5.74) is 2.85. The molecule has 5 nitrogen and oxygen atoms in total. The van der Waals surface area contributed by atoms with Crippen LogP contribution in [0.3, 0.4) is 0 Å². The van der Waals surface area contributed by atoms with Gasteiger partial charge in [0.2, 0.25) is 0 Å². The quantitative estimate of drug-likeness (QED) is 0.591. The summed E-state index contributed by atoms with van der Waals surface area (Å²) in [5, 5.41) is 2.94. The van der Waals surface area contributed by atoms with Crippen LogP contribution in [0.25, 0.3) is 21.8 Å².